The first-order valence-corrected chi connectivity index (χ1v) is 6.36. The van der Waals surface area contributed by atoms with Crippen molar-refractivity contribution in [1.29, 1.82) is 0 Å². The zero-order chi connectivity index (χ0) is 13.1. The molecule has 0 aromatic heterocycles. The molecular weight excluding hydrogens is 287 g/mol. The van der Waals surface area contributed by atoms with Gasteiger partial charge in [-0.1, -0.05) is 11.6 Å². The number of ether oxygens (including phenoxy) is 1. The van der Waals surface area contributed by atoms with Gasteiger partial charge in [0.25, 0.3) is 5.91 Å². The van der Waals surface area contributed by atoms with E-state index in [4.69, 9.17) is 16.3 Å². The van der Waals surface area contributed by atoms with Gasteiger partial charge in [-0.2, -0.15) is 0 Å². The fraction of sp³-hybridized carbons (Fsp3) is 0.462. The van der Waals surface area contributed by atoms with E-state index in [0.29, 0.717) is 35.5 Å². The summed E-state index contributed by atoms with van der Waals surface area (Å²) >= 11 is 5.95. The van der Waals surface area contributed by atoms with Gasteiger partial charge in [0.15, 0.2) is 0 Å². The van der Waals surface area contributed by atoms with E-state index in [0.717, 1.165) is 6.54 Å². The maximum absolute atomic E-state index is 12.4. The molecule has 106 valence electrons. The summed E-state index contributed by atoms with van der Waals surface area (Å²) < 4.78 is 5.22. The molecule has 0 saturated carbocycles. The van der Waals surface area contributed by atoms with Crippen molar-refractivity contribution in [3.8, 4) is 5.75 Å². The predicted octanol–water partition coefficient (Wildman–Crippen LogP) is 2.20. The molecule has 0 spiro atoms. The predicted molar refractivity (Wildman–Crippen MR) is 78.6 cm³/mol. The Balaban J connectivity index is 0.00000180. The van der Waals surface area contributed by atoms with Crippen LogP contribution in [0, 0.1) is 0 Å². The summed E-state index contributed by atoms with van der Waals surface area (Å²) in [7, 11) is 1.56. The van der Waals surface area contributed by atoms with E-state index in [-0.39, 0.29) is 18.3 Å². The number of halogens is 2. The molecule has 1 aromatic rings. The Morgan fingerprint density at radius 3 is 2.89 bits per heavy atom. The Bertz CT molecular complexity index is 454. The normalized spacial score (nSPS) is 18.7. The molecule has 19 heavy (non-hydrogen) atoms. The average Bonchev–Trinajstić information content (AvgIpc) is 2.38. The van der Waals surface area contributed by atoms with E-state index in [1.54, 1.807) is 25.3 Å². The molecule has 0 aliphatic carbocycles. The smallest absolute Gasteiger partial charge is 0.257 e. The number of amides is 1. The zero-order valence-electron chi connectivity index (χ0n) is 11.0. The standard InChI is InChI=1S/C13H17ClN2O2.ClH/c1-9-8-16(6-5-15-9)13(17)11-7-10(14)3-4-12(11)18-2;/h3-4,7,9,15H,5-6,8H2,1-2H3;1H/t9-;/m1./s1. The first-order valence-electron chi connectivity index (χ1n) is 5.98. The van der Waals surface area contributed by atoms with Crippen LogP contribution in [0.2, 0.25) is 5.02 Å². The second kappa shape index (κ2) is 6.98. The lowest BCUT2D eigenvalue weighted by Gasteiger charge is -2.32. The van der Waals surface area contributed by atoms with Crippen LogP contribution in [-0.4, -0.2) is 43.6 Å². The van der Waals surface area contributed by atoms with Crippen molar-refractivity contribution < 1.29 is 9.53 Å². The molecular formula is C13H18Cl2N2O2. The molecule has 1 heterocycles. The number of hydrogen-bond donors (Lipinski definition) is 1. The quantitative estimate of drug-likeness (QED) is 0.911. The second-order valence-electron chi connectivity index (χ2n) is 4.45. The topological polar surface area (TPSA) is 41.6 Å². The minimum Gasteiger partial charge on any atom is -0.496 e. The van der Waals surface area contributed by atoms with Gasteiger partial charge in [0, 0.05) is 30.7 Å². The van der Waals surface area contributed by atoms with Gasteiger partial charge in [0.05, 0.1) is 12.7 Å². The van der Waals surface area contributed by atoms with Crippen molar-refractivity contribution in [2.45, 2.75) is 13.0 Å². The fourth-order valence-corrected chi connectivity index (χ4v) is 2.31. The van der Waals surface area contributed by atoms with E-state index in [1.165, 1.54) is 0 Å². The van der Waals surface area contributed by atoms with Crippen molar-refractivity contribution in [1.82, 2.24) is 10.2 Å². The summed E-state index contributed by atoms with van der Waals surface area (Å²) in [6.45, 7) is 4.29. The maximum Gasteiger partial charge on any atom is 0.257 e. The number of nitrogens with one attached hydrogen (secondary N) is 1. The van der Waals surface area contributed by atoms with Crippen molar-refractivity contribution in [2.24, 2.45) is 0 Å². The largest absolute Gasteiger partial charge is 0.496 e. The molecule has 1 fully saturated rings. The van der Waals surface area contributed by atoms with Crippen LogP contribution < -0.4 is 10.1 Å². The van der Waals surface area contributed by atoms with Crippen molar-refractivity contribution >= 4 is 29.9 Å². The third-order valence-electron chi connectivity index (χ3n) is 3.05. The molecule has 1 amide bonds. The number of piperazine rings is 1. The number of benzene rings is 1. The Kier molecular flexibility index (Phi) is 5.91. The van der Waals surface area contributed by atoms with Gasteiger partial charge in [0.1, 0.15) is 5.75 Å². The Hall–Kier alpha value is -0.970. The van der Waals surface area contributed by atoms with Crippen molar-refractivity contribution in [3.63, 3.8) is 0 Å². The summed E-state index contributed by atoms with van der Waals surface area (Å²) in [5, 5.41) is 3.85. The molecule has 1 N–H and O–H groups in total. The van der Waals surface area contributed by atoms with Gasteiger partial charge in [0.2, 0.25) is 0 Å². The van der Waals surface area contributed by atoms with Crippen LogP contribution in [0.25, 0.3) is 0 Å². The minimum atomic E-state index is -0.0253. The van der Waals surface area contributed by atoms with Crippen LogP contribution in [-0.2, 0) is 0 Å². The number of methoxy groups -OCH3 is 1. The number of nitrogens with zero attached hydrogens (tertiary/aromatic N) is 1. The third kappa shape index (κ3) is 3.75. The number of hydrogen-bond acceptors (Lipinski definition) is 3. The molecule has 2 rings (SSSR count). The van der Waals surface area contributed by atoms with Crippen LogP contribution in [0.1, 0.15) is 17.3 Å². The van der Waals surface area contributed by atoms with E-state index < -0.39 is 0 Å². The van der Waals surface area contributed by atoms with E-state index in [2.05, 4.69) is 12.2 Å². The van der Waals surface area contributed by atoms with Gasteiger partial charge >= 0.3 is 0 Å². The molecule has 1 aliphatic heterocycles. The van der Waals surface area contributed by atoms with Crippen molar-refractivity contribution in [2.75, 3.05) is 26.7 Å². The summed E-state index contributed by atoms with van der Waals surface area (Å²) in [6.07, 6.45) is 0. The fourth-order valence-electron chi connectivity index (χ4n) is 2.13. The number of carbonyl (C=O) groups excluding carboxylic acids is 1. The third-order valence-corrected chi connectivity index (χ3v) is 3.28. The number of carbonyl (C=O) groups is 1. The van der Waals surface area contributed by atoms with E-state index in [1.807, 2.05) is 4.90 Å². The molecule has 1 aromatic carbocycles. The van der Waals surface area contributed by atoms with Crippen LogP contribution in [0.4, 0.5) is 0 Å². The summed E-state index contributed by atoms with van der Waals surface area (Å²) in [5.74, 6) is 0.540. The Morgan fingerprint density at radius 2 is 2.26 bits per heavy atom. The molecule has 6 heteroatoms. The first-order chi connectivity index (χ1) is 8.61. The summed E-state index contributed by atoms with van der Waals surface area (Å²) in [6, 6.07) is 5.42. The van der Waals surface area contributed by atoms with Crippen LogP contribution >= 0.6 is 24.0 Å². The van der Waals surface area contributed by atoms with Gasteiger partial charge < -0.3 is 15.0 Å². The molecule has 4 nitrogen and oxygen atoms in total. The number of rotatable bonds is 2. The lowest BCUT2D eigenvalue weighted by atomic mass is 10.1. The average molecular weight is 305 g/mol. The summed E-state index contributed by atoms with van der Waals surface area (Å²) in [5.41, 5.74) is 0.527. The maximum atomic E-state index is 12.4. The van der Waals surface area contributed by atoms with Gasteiger partial charge in [-0.05, 0) is 25.1 Å². The SMILES string of the molecule is COc1ccc(Cl)cc1C(=O)N1CCN[C@H](C)C1.Cl. The highest BCUT2D eigenvalue weighted by molar-refractivity contribution is 6.31. The Morgan fingerprint density at radius 1 is 1.53 bits per heavy atom. The van der Waals surface area contributed by atoms with Gasteiger partial charge in [-0.25, -0.2) is 0 Å². The molecule has 0 unspecified atom stereocenters. The van der Waals surface area contributed by atoms with Gasteiger partial charge in [-0.3, -0.25) is 4.79 Å². The molecule has 0 bridgehead atoms. The highest BCUT2D eigenvalue weighted by Crippen LogP contribution is 2.24. The zero-order valence-corrected chi connectivity index (χ0v) is 12.6. The Labute approximate surface area is 124 Å². The van der Waals surface area contributed by atoms with Crippen molar-refractivity contribution in [3.05, 3.63) is 28.8 Å². The first kappa shape index (κ1) is 16.1. The highest BCUT2D eigenvalue weighted by Gasteiger charge is 2.24. The van der Waals surface area contributed by atoms with E-state index in [9.17, 15) is 4.79 Å². The van der Waals surface area contributed by atoms with Gasteiger partial charge in [-0.15, -0.1) is 12.4 Å². The summed E-state index contributed by atoms with van der Waals surface area (Å²) in [4.78, 5) is 14.3. The lowest BCUT2D eigenvalue weighted by molar-refractivity contribution is 0.0705. The molecule has 1 saturated heterocycles. The van der Waals surface area contributed by atoms with Crippen LogP contribution in [0.3, 0.4) is 0 Å². The molecule has 1 atom stereocenters. The monoisotopic (exact) mass is 304 g/mol. The lowest BCUT2D eigenvalue weighted by Crippen LogP contribution is -2.51. The van der Waals surface area contributed by atoms with Crippen LogP contribution in [0.15, 0.2) is 18.2 Å². The molecule has 1 aliphatic rings. The highest BCUT2D eigenvalue weighted by atomic mass is 35.5. The van der Waals surface area contributed by atoms with E-state index >= 15 is 0 Å². The van der Waals surface area contributed by atoms with Crippen LogP contribution in [0.5, 0.6) is 5.75 Å². The minimum absolute atomic E-state index is 0. The second-order valence-corrected chi connectivity index (χ2v) is 4.89. The molecule has 0 radical (unpaired) electrons.